The summed E-state index contributed by atoms with van der Waals surface area (Å²) in [7, 11) is 0. The molecule has 1 rings (SSSR count). The summed E-state index contributed by atoms with van der Waals surface area (Å²) < 4.78 is 0. The highest BCUT2D eigenvalue weighted by atomic mass is 16.7. The fourth-order valence-corrected chi connectivity index (χ4v) is 1.57. The van der Waals surface area contributed by atoms with Crippen LogP contribution in [0.4, 0.5) is 0 Å². The lowest BCUT2D eigenvalue weighted by Crippen LogP contribution is -2.37. The molecule has 0 bridgehead atoms. The van der Waals surface area contributed by atoms with Gasteiger partial charge in [-0.25, -0.2) is 5.48 Å². The van der Waals surface area contributed by atoms with E-state index in [1.165, 1.54) is 0 Å². The first kappa shape index (κ1) is 12.7. The van der Waals surface area contributed by atoms with Gasteiger partial charge in [-0.2, -0.15) is 0 Å². The van der Waals surface area contributed by atoms with E-state index in [2.05, 4.69) is 10.8 Å². The molecule has 5 heteroatoms. The van der Waals surface area contributed by atoms with Crippen LogP contribution in [0.3, 0.4) is 0 Å². The van der Waals surface area contributed by atoms with Gasteiger partial charge in [-0.1, -0.05) is 13.8 Å². The normalized spacial score (nSPS) is 21.4. The molecule has 0 radical (unpaired) electrons. The van der Waals surface area contributed by atoms with Crippen LogP contribution < -0.4 is 10.8 Å². The van der Waals surface area contributed by atoms with Gasteiger partial charge in [-0.15, -0.1) is 0 Å². The molecule has 1 aliphatic rings. The molecule has 1 unspecified atom stereocenters. The number of rotatable bonds is 5. The molecule has 1 aliphatic heterocycles. The summed E-state index contributed by atoms with van der Waals surface area (Å²) in [5.74, 6) is -0.0913. The first-order chi connectivity index (χ1) is 7.60. The summed E-state index contributed by atoms with van der Waals surface area (Å²) in [5, 5.41) is 3.05. The molecule has 0 saturated carbocycles. The van der Waals surface area contributed by atoms with E-state index in [1.54, 1.807) is 6.92 Å². The number of carbonyl (C=O) groups is 2. The SMILES string of the molecule is CCC(=O)C(C)=C(CC)NC1CONC1=O. The third kappa shape index (κ3) is 2.82. The van der Waals surface area contributed by atoms with Gasteiger partial charge >= 0.3 is 0 Å². The Bertz CT molecular complexity index is 323. The number of amides is 1. The Morgan fingerprint density at radius 1 is 1.50 bits per heavy atom. The second kappa shape index (κ2) is 5.65. The smallest absolute Gasteiger partial charge is 0.268 e. The summed E-state index contributed by atoms with van der Waals surface area (Å²) in [5.41, 5.74) is 3.79. The van der Waals surface area contributed by atoms with Gasteiger partial charge in [0.15, 0.2) is 5.78 Å². The van der Waals surface area contributed by atoms with Crippen molar-refractivity contribution in [2.24, 2.45) is 0 Å². The molecule has 5 nitrogen and oxygen atoms in total. The van der Waals surface area contributed by atoms with E-state index < -0.39 is 6.04 Å². The van der Waals surface area contributed by atoms with Crippen LogP contribution in [0.15, 0.2) is 11.3 Å². The molecule has 1 fully saturated rings. The molecular formula is C11H18N2O3. The van der Waals surface area contributed by atoms with Crippen molar-refractivity contribution in [1.82, 2.24) is 10.8 Å². The zero-order valence-electron chi connectivity index (χ0n) is 9.92. The molecule has 16 heavy (non-hydrogen) atoms. The summed E-state index contributed by atoms with van der Waals surface area (Å²) in [4.78, 5) is 27.6. The van der Waals surface area contributed by atoms with E-state index in [0.29, 0.717) is 18.4 Å². The third-order valence-electron chi connectivity index (χ3n) is 2.63. The largest absolute Gasteiger partial charge is 0.375 e. The van der Waals surface area contributed by atoms with Crippen molar-refractivity contribution in [3.8, 4) is 0 Å². The van der Waals surface area contributed by atoms with E-state index in [-0.39, 0.29) is 18.3 Å². The maximum absolute atomic E-state index is 11.5. The average Bonchev–Trinajstić information content (AvgIpc) is 2.69. The Balaban J connectivity index is 2.74. The van der Waals surface area contributed by atoms with Crippen molar-refractivity contribution in [1.29, 1.82) is 0 Å². The van der Waals surface area contributed by atoms with E-state index in [9.17, 15) is 9.59 Å². The Morgan fingerprint density at radius 3 is 2.62 bits per heavy atom. The molecule has 0 aromatic rings. The molecule has 0 aromatic carbocycles. The van der Waals surface area contributed by atoms with Crippen molar-refractivity contribution in [3.05, 3.63) is 11.3 Å². The van der Waals surface area contributed by atoms with Gasteiger partial charge in [-0.05, 0) is 13.3 Å². The molecular weight excluding hydrogens is 208 g/mol. The first-order valence-electron chi connectivity index (χ1n) is 5.51. The second-order valence-electron chi connectivity index (χ2n) is 3.71. The minimum Gasteiger partial charge on any atom is -0.375 e. The molecule has 2 N–H and O–H groups in total. The first-order valence-corrected chi connectivity index (χ1v) is 5.51. The minimum absolute atomic E-state index is 0.101. The lowest BCUT2D eigenvalue weighted by atomic mass is 10.1. The van der Waals surface area contributed by atoms with Crippen molar-refractivity contribution >= 4 is 11.7 Å². The van der Waals surface area contributed by atoms with Gasteiger partial charge in [-0.3, -0.25) is 14.4 Å². The standard InChI is InChI=1S/C11H18N2O3/c1-4-8(7(3)10(14)5-2)12-9-6-16-13-11(9)15/h9,12H,4-6H2,1-3H3,(H,13,15). The third-order valence-corrected chi connectivity index (χ3v) is 2.63. The number of allylic oxidation sites excluding steroid dienone is 2. The van der Waals surface area contributed by atoms with Crippen LogP contribution in [0.1, 0.15) is 33.6 Å². The van der Waals surface area contributed by atoms with Crippen molar-refractivity contribution in [2.45, 2.75) is 39.7 Å². The number of carbonyl (C=O) groups excluding carboxylic acids is 2. The van der Waals surface area contributed by atoms with Crippen LogP contribution in [0.25, 0.3) is 0 Å². The minimum atomic E-state index is -0.394. The highest BCUT2D eigenvalue weighted by molar-refractivity contribution is 5.95. The van der Waals surface area contributed by atoms with Crippen LogP contribution in [-0.4, -0.2) is 24.3 Å². The highest BCUT2D eigenvalue weighted by Crippen LogP contribution is 2.10. The van der Waals surface area contributed by atoms with Crippen LogP contribution in [0.5, 0.6) is 0 Å². The maximum Gasteiger partial charge on any atom is 0.268 e. The summed E-state index contributed by atoms with van der Waals surface area (Å²) in [6.45, 7) is 5.84. The van der Waals surface area contributed by atoms with Gasteiger partial charge in [0.1, 0.15) is 12.6 Å². The predicted molar refractivity (Wildman–Crippen MR) is 59.3 cm³/mol. The summed E-state index contributed by atoms with van der Waals surface area (Å²) in [6.07, 6.45) is 1.17. The molecule has 1 heterocycles. The average molecular weight is 226 g/mol. The highest BCUT2D eigenvalue weighted by Gasteiger charge is 2.26. The Hall–Kier alpha value is -1.36. The number of ketones is 1. The Kier molecular flexibility index (Phi) is 4.49. The van der Waals surface area contributed by atoms with Gasteiger partial charge in [0, 0.05) is 17.7 Å². The van der Waals surface area contributed by atoms with Gasteiger partial charge < -0.3 is 5.32 Å². The van der Waals surface area contributed by atoms with Crippen LogP contribution in [0, 0.1) is 0 Å². The fourth-order valence-electron chi connectivity index (χ4n) is 1.57. The van der Waals surface area contributed by atoms with Crippen molar-refractivity contribution < 1.29 is 14.4 Å². The summed E-state index contributed by atoms with van der Waals surface area (Å²) in [6, 6.07) is -0.394. The van der Waals surface area contributed by atoms with E-state index in [4.69, 9.17) is 4.84 Å². The molecule has 0 aliphatic carbocycles. The van der Waals surface area contributed by atoms with E-state index in [0.717, 1.165) is 5.70 Å². The molecule has 1 saturated heterocycles. The quantitative estimate of drug-likeness (QED) is 0.676. The monoisotopic (exact) mass is 226 g/mol. The zero-order valence-corrected chi connectivity index (χ0v) is 9.92. The number of hydrogen-bond donors (Lipinski definition) is 2. The predicted octanol–water partition coefficient (Wildman–Crippen LogP) is 0.669. The molecule has 1 amide bonds. The Morgan fingerprint density at radius 2 is 2.19 bits per heavy atom. The topological polar surface area (TPSA) is 67.4 Å². The lowest BCUT2D eigenvalue weighted by Gasteiger charge is -2.15. The molecule has 1 atom stereocenters. The Labute approximate surface area is 95.2 Å². The second-order valence-corrected chi connectivity index (χ2v) is 3.71. The van der Waals surface area contributed by atoms with Crippen LogP contribution in [-0.2, 0) is 14.4 Å². The van der Waals surface area contributed by atoms with E-state index in [1.807, 2.05) is 13.8 Å². The molecule has 0 aromatic heterocycles. The van der Waals surface area contributed by atoms with Crippen molar-refractivity contribution in [3.63, 3.8) is 0 Å². The summed E-state index contributed by atoms with van der Waals surface area (Å²) >= 11 is 0. The van der Waals surface area contributed by atoms with Crippen LogP contribution >= 0.6 is 0 Å². The fraction of sp³-hybridized carbons (Fsp3) is 0.636. The zero-order chi connectivity index (χ0) is 12.1. The molecule has 90 valence electrons. The van der Waals surface area contributed by atoms with Gasteiger partial charge in [0.2, 0.25) is 0 Å². The van der Waals surface area contributed by atoms with Gasteiger partial charge in [0.05, 0.1) is 0 Å². The number of Topliss-reactive ketones (excluding diaryl/α,β-unsaturated/α-hetero) is 1. The molecule has 0 spiro atoms. The number of hydrogen-bond acceptors (Lipinski definition) is 4. The van der Waals surface area contributed by atoms with E-state index >= 15 is 0 Å². The number of hydroxylamine groups is 1. The number of nitrogens with one attached hydrogen (secondary N) is 2. The maximum atomic E-state index is 11.5. The van der Waals surface area contributed by atoms with Crippen LogP contribution in [0.2, 0.25) is 0 Å². The van der Waals surface area contributed by atoms with Crippen molar-refractivity contribution in [2.75, 3.05) is 6.61 Å². The van der Waals surface area contributed by atoms with Gasteiger partial charge in [0.25, 0.3) is 5.91 Å². The lowest BCUT2D eigenvalue weighted by molar-refractivity contribution is -0.125.